The summed E-state index contributed by atoms with van der Waals surface area (Å²) in [5.41, 5.74) is 0.534. The van der Waals surface area contributed by atoms with Crippen molar-refractivity contribution in [3.63, 3.8) is 0 Å². The summed E-state index contributed by atoms with van der Waals surface area (Å²) in [6.45, 7) is 4.66. The van der Waals surface area contributed by atoms with Gasteiger partial charge in [-0.25, -0.2) is 0 Å². The summed E-state index contributed by atoms with van der Waals surface area (Å²) in [6.07, 6.45) is 4.99. The van der Waals surface area contributed by atoms with Gasteiger partial charge in [0.1, 0.15) is 11.3 Å². The highest BCUT2D eigenvalue weighted by molar-refractivity contribution is 5.94. The largest absolute Gasteiger partial charge is 0.361 e. The number of amides is 1. The monoisotopic (exact) mass is 237 g/mol. The predicted octanol–water partition coefficient (Wildman–Crippen LogP) is 1.10. The first kappa shape index (κ1) is 12.1. The number of carbonyl (C=O) groups is 1. The average molecular weight is 237 g/mol. The summed E-state index contributed by atoms with van der Waals surface area (Å²) >= 11 is 0. The van der Waals surface area contributed by atoms with Crippen LogP contribution in [0.15, 0.2) is 10.7 Å². The van der Waals surface area contributed by atoms with E-state index in [-0.39, 0.29) is 5.91 Å². The second kappa shape index (κ2) is 5.82. The molecule has 94 valence electrons. The molecular formula is C12H19N3O2. The molecule has 2 heterocycles. The number of hydrogen-bond acceptors (Lipinski definition) is 4. The Morgan fingerprint density at radius 3 is 3.24 bits per heavy atom. The second-order valence-corrected chi connectivity index (χ2v) is 4.55. The maximum Gasteiger partial charge on any atom is 0.256 e. The van der Waals surface area contributed by atoms with Gasteiger partial charge in [-0.3, -0.25) is 4.79 Å². The van der Waals surface area contributed by atoms with E-state index in [1.165, 1.54) is 19.0 Å². The van der Waals surface area contributed by atoms with Crippen LogP contribution in [0.1, 0.15) is 35.4 Å². The van der Waals surface area contributed by atoms with E-state index >= 15 is 0 Å². The fraction of sp³-hybridized carbons (Fsp3) is 0.667. The predicted molar refractivity (Wildman–Crippen MR) is 63.8 cm³/mol. The van der Waals surface area contributed by atoms with Crippen molar-refractivity contribution in [2.45, 2.75) is 26.2 Å². The molecule has 2 rings (SSSR count). The zero-order valence-corrected chi connectivity index (χ0v) is 10.2. The van der Waals surface area contributed by atoms with Crippen LogP contribution in [0.25, 0.3) is 0 Å². The highest BCUT2D eigenvalue weighted by Crippen LogP contribution is 2.13. The Morgan fingerprint density at radius 1 is 1.71 bits per heavy atom. The van der Waals surface area contributed by atoms with Gasteiger partial charge in [-0.2, -0.15) is 0 Å². The first-order chi connectivity index (χ1) is 8.27. The van der Waals surface area contributed by atoms with Crippen LogP contribution >= 0.6 is 0 Å². The number of rotatable bonds is 4. The van der Waals surface area contributed by atoms with Gasteiger partial charge in [0.2, 0.25) is 0 Å². The number of aromatic nitrogens is 1. The van der Waals surface area contributed by atoms with E-state index in [0.717, 1.165) is 26.1 Å². The van der Waals surface area contributed by atoms with E-state index < -0.39 is 0 Å². The van der Waals surface area contributed by atoms with E-state index in [4.69, 9.17) is 4.52 Å². The molecule has 0 spiro atoms. The van der Waals surface area contributed by atoms with E-state index in [1.54, 1.807) is 6.92 Å². The maximum atomic E-state index is 11.7. The SMILES string of the molecule is Cc1oncc1C(=O)NCCC1CCCNC1. The smallest absolute Gasteiger partial charge is 0.256 e. The third-order valence-electron chi connectivity index (χ3n) is 3.23. The van der Waals surface area contributed by atoms with Crippen molar-refractivity contribution in [2.75, 3.05) is 19.6 Å². The molecule has 0 saturated carbocycles. The molecule has 0 aliphatic carbocycles. The molecule has 0 bridgehead atoms. The molecule has 1 amide bonds. The third-order valence-corrected chi connectivity index (χ3v) is 3.23. The minimum absolute atomic E-state index is 0.0903. The van der Waals surface area contributed by atoms with E-state index in [0.29, 0.717) is 17.2 Å². The first-order valence-electron chi connectivity index (χ1n) is 6.17. The standard InChI is InChI=1S/C12H19N3O2/c1-9-11(8-15-17-9)12(16)14-6-4-10-3-2-5-13-7-10/h8,10,13H,2-7H2,1H3,(H,14,16). The average Bonchev–Trinajstić information content (AvgIpc) is 2.77. The van der Waals surface area contributed by atoms with Crippen molar-refractivity contribution < 1.29 is 9.32 Å². The number of piperidine rings is 1. The fourth-order valence-electron chi connectivity index (χ4n) is 2.17. The second-order valence-electron chi connectivity index (χ2n) is 4.55. The molecule has 1 aromatic rings. The Bertz CT molecular complexity index is 370. The summed E-state index contributed by atoms with van der Waals surface area (Å²) in [5, 5.41) is 9.87. The Morgan fingerprint density at radius 2 is 2.59 bits per heavy atom. The molecule has 2 N–H and O–H groups in total. The van der Waals surface area contributed by atoms with Crippen LogP contribution in [0.3, 0.4) is 0 Å². The van der Waals surface area contributed by atoms with Gasteiger partial charge in [-0.05, 0) is 45.2 Å². The minimum Gasteiger partial charge on any atom is -0.361 e. The zero-order chi connectivity index (χ0) is 12.1. The highest BCUT2D eigenvalue weighted by Gasteiger charge is 2.15. The summed E-state index contributed by atoms with van der Waals surface area (Å²) in [5.74, 6) is 1.17. The van der Waals surface area contributed by atoms with Gasteiger partial charge in [0.25, 0.3) is 5.91 Å². The molecule has 0 radical (unpaired) electrons. The number of aryl methyl sites for hydroxylation is 1. The highest BCUT2D eigenvalue weighted by atomic mass is 16.5. The molecule has 1 fully saturated rings. The molecule has 1 atom stereocenters. The molecule has 5 heteroatoms. The molecule has 1 saturated heterocycles. The first-order valence-corrected chi connectivity index (χ1v) is 6.17. The van der Waals surface area contributed by atoms with Crippen molar-refractivity contribution in [1.29, 1.82) is 0 Å². The van der Waals surface area contributed by atoms with Gasteiger partial charge in [-0.1, -0.05) is 5.16 Å². The van der Waals surface area contributed by atoms with Crippen molar-refractivity contribution >= 4 is 5.91 Å². The molecule has 1 unspecified atom stereocenters. The van der Waals surface area contributed by atoms with Crippen molar-refractivity contribution in [3.8, 4) is 0 Å². The molecule has 1 aliphatic heterocycles. The quantitative estimate of drug-likeness (QED) is 0.823. The normalized spacial score (nSPS) is 20.2. The molecule has 17 heavy (non-hydrogen) atoms. The zero-order valence-electron chi connectivity index (χ0n) is 10.2. The molecular weight excluding hydrogens is 218 g/mol. The van der Waals surface area contributed by atoms with Crippen LogP contribution in [0.5, 0.6) is 0 Å². The van der Waals surface area contributed by atoms with Gasteiger partial charge in [-0.15, -0.1) is 0 Å². The van der Waals surface area contributed by atoms with E-state index in [9.17, 15) is 4.79 Å². The Hall–Kier alpha value is -1.36. The Kier molecular flexibility index (Phi) is 4.14. The van der Waals surface area contributed by atoms with Crippen LogP contribution in [-0.4, -0.2) is 30.7 Å². The number of nitrogens with one attached hydrogen (secondary N) is 2. The molecule has 5 nitrogen and oxygen atoms in total. The van der Waals surface area contributed by atoms with Gasteiger partial charge >= 0.3 is 0 Å². The van der Waals surface area contributed by atoms with Crippen LogP contribution < -0.4 is 10.6 Å². The van der Waals surface area contributed by atoms with Crippen molar-refractivity contribution in [1.82, 2.24) is 15.8 Å². The van der Waals surface area contributed by atoms with E-state index in [2.05, 4.69) is 15.8 Å². The number of hydrogen-bond donors (Lipinski definition) is 2. The maximum absolute atomic E-state index is 11.7. The summed E-state index contributed by atoms with van der Waals surface area (Å²) in [4.78, 5) is 11.7. The summed E-state index contributed by atoms with van der Waals surface area (Å²) in [7, 11) is 0. The molecule has 1 aliphatic rings. The van der Waals surface area contributed by atoms with Crippen molar-refractivity contribution in [3.05, 3.63) is 17.5 Å². The van der Waals surface area contributed by atoms with Gasteiger partial charge in [0.05, 0.1) is 6.20 Å². The molecule has 1 aromatic heterocycles. The van der Waals surface area contributed by atoms with Gasteiger partial charge < -0.3 is 15.2 Å². The third kappa shape index (κ3) is 3.30. The van der Waals surface area contributed by atoms with Gasteiger partial charge in [0.15, 0.2) is 0 Å². The van der Waals surface area contributed by atoms with E-state index in [1.807, 2.05) is 0 Å². The molecule has 0 aromatic carbocycles. The lowest BCUT2D eigenvalue weighted by Gasteiger charge is -2.22. The van der Waals surface area contributed by atoms with Crippen molar-refractivity contribution in [2.24, 2.45) is 5.92 Å². The summed E-state index contributed by atoms with van der Waals surface area (Å²) < 4.78 is 4.86. The van der Waals surface area contributed by atoms with Crippen LogP contribution in [0, 0.1) is 12.8 Å². The van der Waals surface area contributed by atoms with Crippen LogP contribution in [0.2, 0.25) is 0 Å². The lowest BCUT2D eigenvalue weighted by atomic mass is 9.96. The number of carbonyl (C=O) groups excluding carboxylic acids is 1. The number of nitrogens with zero attached hydrogens (tertiary/aromatic N) is 1. The Labute approximate surface area is 101 Å². The lowest BCUT2D eigenvalue weighted by molar-refractivity contribution is 0.0949. The summed E-state index contributed by atoms with van der Waals surface area (Å²) in [6, 6.07) is 0. The fourth-order valence-corrected chi connectivity index (χ4v) is 2.17. The minimum atomic E-state index is -0.0903. The lowest BCUT2D eigenvalue weighted by Crippen LogP contribution is -2.33. The van der Waals surface area contributed by atoms with Gasteiger partial charge in [0, 0.05) is 6.54 Å². The van der Waals surface area contributed by atoms with Crippen LogP contribution in [0.4, 0.5) is 0 Å². The Balaban J connectivity index is 1.71. The topological polar surface area (TPSA) is 67.2 Å². The van der Waals surface area contributed by atoms with Crippen LogP contribution in [-0.2, 0) is 0 Å².